The molecule has 0 aliphatic carbocycles. The SMILES string of the molecule is CC1CC(C)CN(C(=O)CN2CCN(C(=O)NC(C)c3nnc4ccccn34)CC2)C1. The zero-order valence-electron chi connectivity index (χ0n) is 18.7. The Bertz CT molecular complexity index is 911. The molecule has 2 aliphatic heterocycles. The molecule has 4 rings (SSSR count). The van der Waals surface area contributed by atoms with Crippen molar-refractivity contribution >= 4 is 17.6 Å². The van der Waals surface area contributed by atoms with E-state index >= 15 is 0 Å². The van der Waals surface area contributed by atoms with E-state index in [2.05, 4.69) is 34.3 Å². The zero-order valence-corrected chi connectivity index (χ0v) is 18.7. The largest absolute Gasteiger partial charge is 0.341 e. The van der Waals surface area contributed by atoms with Gasteiger partial charge in [-0.2, -0.15) is 0 Å². The summed E-state index contributed by atoms with van der Waals surface area (Å²) in [7, 11) is 0. The summed E-state index contributed by atoms with van der Waals surface area (Å²) in [5.74, 6) is 2.05. The predicted molar refractivity (Wildman–Crippen MR) is 117 cm³/mol. The minimum atomic E-state index is -0.257. The van der Waals surface area contributed by atoms with Crippen molar-refractivity contribution in [1.29, 1.82) is 0 Å². The monoisotopic (exact) mass is 427 g/mol. The molecular weight excluding hydrogens is 394 g/mol. The number of nitrogens with zero attached hydrogens (tertiary/aromatic N) is 6. The maximum Gasteiger partial charge on any atom is 0.318 e. The maximum atomic E-state index is 12.8. The molecule has 0 spiro atoms. The first-order valence-electron chi connectivity index (χ1n) is 11.3. The van der Waals surface area contributed by atoms with E-state index < -0.39 is 0 Å². The highest BCUT2D eigenvalue weighted by molar-refractivity contribution is 5.78. The number of hydrogen-bond donors (Lipinski definition) is 1. The number of nitrogens with one attached hydrogen (secondary N) is 1. The van der Waals surface area contributed by atoms with Gasteiger partial charge in [0.15, 0.2) is 11.5 Å². The normalized spacial score (nSPS) is 23.7. The third-order valence-corrected chi connectivity index (χ3v) is 6.31. The summed E-state index contributed by atoms with van der Waals surface area (Å²) in [6.07, 6.45) is 3.09. The number of carbonyl (C=O) groups is 2. The Morgan fingerprint density at radius 3 is 2.48 bits per heavy atom. The van der Waals surface area contributed by atoms with Gasteiger partial charge in [-0.3, -0.25) is 14.1 Å². The van der Waals surface area contributed by atoms with Crippen LogP contribution in [0, 0.1) is 11.8 Å². The topological polar surface area (TPSA) is 86.1 Å². The summed E-state index contributed by atoms with van der Waals surface area (Å²) >= 11 is 0. The van der Waals surface area contributed by atoms with E-state index in [9.17, 15) is 9.59 Å². The average molecular weight is 428 g/mol. The summed E-state index contributed by atoms with van der Waals surface area (Å²) in [6, 6.07) is 5.35. The van der Waals surface area contributed by atoms with Gasteiger partial charge in [-0.25, -0.2) is 4.79 Å². The Morgan fingerprint density at radius 2 is 1.77 bits per heavy atom. The highest BCUT2D eigenvalue weighted by atomic mass is 16.2. The molecule has 168 valence electrons. The molecule has 2 aromatic rings. The fourth-order valence-corrected chi connectivity index (χ4v) is 4.76. The van der Waals surface area contributed by atoms with Gasteiger partial charge in [-0.05, 0) is 37.3 Å². The molecule has 2 fully saturated rings. The van der Waals surface area contributed by atoms with E-state index in [1.165, 1.54) is 6.42 Å². The number of hydrogen-bond acceptors (Lipinski definition) is 5. The second kappa shape index (κ2) is 9.21. The molecule has 2 aromatic heterocycles. The molecule has 1 N–H and O–H groups in total. The zero-order chi connectivity index (χ0) is 22.0. The number of piperazine rings is 1. The number of aromatic nitrogens is 3. The van der Waals surface area contributed by atoms with Gasteiger partial charge in [0, 0.05) is 45.5 Å². The van der Waals surface area contributed by atoms with Crippen LogP contribution in [-0.4, -0.2) is 87.0 Å². The number of likely N-dealkylation sites (tertiary alicyclic amines) is 1. The molecule has 0 saturated carbocycles. The van der Waals surface area contributed by atoms with Crippen LogP contribution in [-0.2, 0) is 4.79 Å². The molecule has 31 heavy (non-hydrogen) atoms. The number of amides is 3. The molecule has 0 bridgehead atoms. The first kappa shape index (κ1) is 21.5. The molecule has 2 saturated heterocycles. The van der Waals surface area contributed by atoms with Gasteiger partial charge in [0.2, 0.25) is 5.91 Å². The van der Waals surface area contributed by atoms with E-state index in [4.69, 9.17) is 0 Å². The van der Waals surface area contributed by atoms with Crippen molar-refractivity contribution in [3.63, 3.8) is 0 Å². The lowest BCUT2D eigenvalue weighted by atomic mass is 9.92. The van der Waals surface area contributed by atoms with Gasteiger partial charge < -0.3 is 15.1 Å². The maximum absolute atomic E-state index is 12.8. The van der Waals surface area contributed by atoms with Crippen molar-refractivity contribution in [2.75, 3.05) is 45.8 Å². The fraction of sp³-hybridized carbons (Fsp3) is 0.636. The molecule has 9 heteroatoms. The van der Waals surface area contributed by atoms with Crippen LogP contribution in [0.3, 0.4) is 0 Å². The number of fused-ring (bicyclic) bond motifs is 1. The summed E-state index contributed by atoms with van der Waals surface area (Å²) < 4.78 is 1.89. The third kappa shape index (κ3) is 4.98. The Labute approximate surface area is 183 Å². The van der Waals surface area contributed by atoms with Crippen molar-refractivity contribution in [2.45, 2.75) is 33.2 Å². The predicted octanol–water partition coefficient (Wildman–Crippen LogP) is 1.62. The van der Waals surface area contributed by atoms with Crippen LogP contribution < -0.4 is 5.32 Å². The molecule has 3 atom stereocenters. The van der Waals surface area contributed by atoms with Crippen molar-refractivity contribution in [2.24, 2.45) is 11.8 Å². The van der Waals surface area contributed by atoms with Gasteiger partial charge in [-0.15, -0.1) is 10.2 Å². The van der Waals surface area contributed by atoms with E-state index in [0.717, 1.165) is 18.7 Å². The Hall–Kier alpha value is -2.68. The summed E-state index contributed by atoms with van der Waals surface area (Å²) in [5.41, 5.74) is 0.759. The van der Waals surface area contributed by atoms with Crippen molar-refractivity contribution in [3.05, 3.63) is 30.2 Å². The number of pyridine rings is 1. The van der Waals surface area contributed by atoms with Crippen LogP contribution >= 0.6 is 0 Å². The van der Waals surface area contributed by atoms with Crippen LogP contribution in [0.1, 0.15) is 39.1 Å². The van der Waals surface area contributed by atoms with Crippen molar-refractivity contribution in [1.82, 2.24) is 34.6 Å². The van der Waals surface area contributed by atoms with Crippen LogP contribution in [0.25, 0.3) is 5.65 Å². The van der Waals surface area contributed by atoms with E-state index in [-0.39, 0.29) is 18.0 Å². The minimum absolute atomic E-state index is 0.107. The van der Waals surface area contributed by atoms with Crippen LogP contribution in [0.4, 0.5) is 4.79 Å². The Morgan fingerprint density at radius 1 is 1.06 bits per heavy atom. The van der Waals surface area contributed by atoms with Gasteiger partial charge in [0.05, 0.1) is 12.6 Å². The molecule has 0 radical (unpaired) electrons. The lowest BCUT2D eigenvalue weighted by Gasteiger charge is -2.38. The van der Waals surface area contributed by atoms with E-state index in [1.54, 1.807) is 0 Å². The molecule has 2 aliphatic rings. The van der Waals surface area contributed by atoms with E-state index in [0.29, 0.717) is 50.4 Å². The molecule has 9 nitrogen and oxygen atoms in total. The Balaban J connectivity index is 1.25. The average Bonchev–Trinajstić information content (AvgIpc) is 3.18. The number of rotatable bonds is 4. The first-order valence-corrected chi connectivity index (χ1v) is 11.3. The van der Waals surface area contributed by atoms with Gasteiger partial charge in [0.25, 0.3) is 0 Å². The molecule has 4 heterocycles. The van der Waals surface area contributed by atoms with E-state index in [1.807, 2.05) is 45.5 Å². The molecular formula is C22H33N7O2. The van der Waals surface area contributed by atoms with Gasteiger partial charge >= 0.3 is 6.03 Å². The second-order valence-electron chi connectivity index (χ2n) is 9.17. The third-order valence-electron chi connectivity index (χ3n) is 6.31. The van der Waals surface area contributed by atoms with Crippen LogP contribution in [0.2, 0.25) is 0 Å². The van der Waals surface area contributed by atoms with Crippen LogP contribution in [0.5, 0.6) is 0 Å². The number of urea groups is 1. The smallest absolute Gasteiger partial charge is 0.318 e. The standard InChI is InChI=1S/C22H33N7O2/c1-16-12-17(2)14-28(13-16)20(30)15-26-8-10-27(11-9-26)22(31)23-18(3)21-25-24-19-6-4-5-7-29(19)21/h4-7,16-18H,8-15H2,1-3H3,(H,23,31). The van der Waals surface area contributed by atoms with Gasteiger partial charge in [0.1, 0.15) is 0 Å². The minimum Gasteiger partial charge on any atom is -0.341 e. The van der Waals surface area contributed by atoms with Crippen molar-refractivity contribution in [3.8, 4) is 0 Å². The van der Waals surface area contributed by atoms with Crippen LogP contribution in [0.15, 0.2) is 24.4 Å². The van der Waals surface area contributed by atoms with Crippen molar-refractivity contribution < 1.29 is 9.59 Å². The highest BCUT2D eigenvalue weighted by Gasteiger charge is 2.29. The quantitative estimate of drug-likeness (QED) is 0.801. The molecule has 3 unspecified atom stereocenters. The van der Waals surface area contributed by atoms with Gasteiger partial charge in [-0.1, -0.05) is 19.9 Å². The molecule has 3 amide bonds. The number of piperidine rings is 1. The Kier molecular flexibility index (Phi) is 6.41. The summed E-state index contributed by atoms with van der Waals surface area (Å²) in [4.78, 5) is 31.5. The lowest BCUT2D eigenvalue weighted by Crippen LogP contribution is -2.54. The fourth-order valence-electron chi connectivity index (χ4n) is 4.76. The summed E-state index contributed by atoms with van der Waals surface area (Å²) in [5, 5.41) is 11.4. The second-order valence-corrected chi connectivity index (χ2v) is 9.17. The first-order chi connectivity index (χ1) is 14.9. The summed E-state index contributed by atoms with van der Waals surface area (Å²) in [6.45, 7) is 11.2. The molecule has 0 aromatic carbocycles. The highest BCUT2D eigenvalue weighted by Crippen LogP contribution is 2.21. The lowest BCUT2D eigenvalue weighted by molar-refractivity contribution is -0.135. The number of carbonyl (C=O) groups excluding carboxylic acids is 2.